The fourth-order valence-electron chi connectivity index (χ4n) is 2.21. The lowest BCUT2D eigenvalue weighted by Crippen LogP contribution is -2.49. The van der Waals surface area contributed by atoms with E-state index in [0.717, 1.165) is 5.56 Å². The van der Waals surface area contributed by atoms with Gasteiger partial charge in [0.05, 0.1) is 19.3 Å². The van der Waals surface area contributed by atoms with Crippen LogP contribution >= 0.6 is 15.9 Å². The Morgan fingerprint density at radius 2 is 2.26 bits per heavy atom. The Morgan fingerprint density at radius 3 is 2.84 bits per heavy atom. The maximum atomic E-state index is 12.5. The monoisotopic (exact) mass is 329 g/mol. The molecule has 0 N–H and O–H groups in total. The van der Waals surface area contributed by atoms with Crippen LogP contribution in [0.15, 0.2) is 15.2 Å². The molecule has 6 heteroatoms. The van der Waals surface area contributed by atoms with Crippen LogP contribution in [-0.2, 0) is 9.53 Å². The van der Waals surface area contributed by atoms with Gasteiger partial charge in [0, 0.05) is 18.5 Å². The molecular formula is C13H16BrNO4. The number of aryl methyl sites for hydroxylation is 1. The first-order valence-corrected chi connectivity index (χ1v) is 6.92. The zero-order valence-electron chi connectivity index (χ0n) is 10.9. The maximum absolute atomic E-state index is 12.5. The first-order chi connectivity index (χ1) is 8.99. The smallest absolute Gasteiger partial charge is 0.290 e. The first-order valence-electron chi connectivity index (χ1n) is 6.13. The highest BCUT2D eigenvalue weighted by Crippen LogP contribution is 2.23. The van der Waals surface area contributed by atoms with E-state index in [1.54, 1.807) is 11.0 Å². The highest BCUT2D eigenvalue weighted by atomic mass is 79.9. The normalized spacial score (nSPS) is 19.5. The Balaban J connectivity index is 2.19. The third-order valence-electron chi connectivity index (χ3n) is 3.09. The van der Waals surface area contributed by atoms with Crippen molar-refractivity contribution in [2.45, 2.75) is 26.3 Å². The third-order valence-corrected chi connectivity index (χ3v) is 3.48. The van der Waals surface area contributed by atoms with Crippen LogP contribution in [-0.4, -0.2) is 42.4 Å². The molecule has 1 aliphatic heterocycles. The van der Waals surface area contributed by atoms with Gasteiger partial charge in [-0.25, -0.2) is 0 Å². The van der Waals surface area contributed by atoms with Crippen LogP contribution in [0.2, 0.25) is 0 Å². The third kappa shape index (κ3) is 3.25. The van der Waals surface area contributed by atoms with Gasteiger partial charge in [-0.2, -0.15) is 0 Å². The number of carbonyl (C=O) groups excluding carboxylic acids is 2. The lowest BCUT2D eigenvalue weighted by Gasteiger charge is -2.34. The van der Waals surface area contributed by atoms with Gasteiger partial charge in [-0.3, -0.25) is 9.59 Å². The number of nitrogens with zero attached hydrogens (tertiary/aromatic N) is 1. The molecule has 1 aliphatic rings. The number of amides is 1. The molecule has 1 amide bonds. The van der Waals surface area contributed by atoms with Crippen molar-refractivity contribution in [2.24, 2.45) is 0 Å². The van der Waals surface area contributed by atoms with E-state index in [-0.39, 0.29) is 17.7 Å². The van der Waals surface area contributed by atoms with Crippen LogP contribution in [0, 0.1) is 6.92 Å². The molecule has 1 saturated heterocycles. The molecule has 0 saturated carbocycles. The molecule has 1 aromatic heterocycles. The topological polar surface area (TPSA) is 59.8 Å². The van der Waals surface area contributed by atoms with Gasteiger partial charge in [0.2, 0.25) is 0 Å². The number of hydrogen-bond donors (Lipinski definition) is 0. The van der Waals surface area contributed by atoms with Crippen LogP contribution in [0.4, 0.5) is 0 Å². The highest BCUT2D eigenvalue weighted by molar-refractivity contribution is 9.10. The van der Waals surface area contributed by atoms with Crippen molar-refractivity contribution >= 4 is 27.6 Å². The van der Waals surface area contributed by atoms with E-state index < -0.39 is 0 Å². The van der Waals surface area contributed by atoms with Crippen molar-refractivity contribution in [3.05, 3.63) is 22.1 Å². The van der Waals surface area contributed by atoms with Crippen LogP contribution in [0.25, 0.3) is 0 Å². The van der Waals surface area contributed by atoms with Crippen LogP contribution < -0.4 is 0 Å². The number of Topliss-reactive ketones (excluding diaryl/α,β-unsaturated/α-hetero) is 1. The Bertz CT molecular complexity index is 497. The summed E-state index contributed by atoms with van der Waals surface area (Å²) in [5.41, 5.74) is 0.782. The predicted octanol–water partition coefficient (Wildman–Crippen LogP) is 2.17. The summed E-state index contributed by atoms with van der Waals surface area (Å²) in [4.78, 5) is 25.4. The molecule has 1 atom stereocenters. The number of morpholine rings is 1. The number of carbonyl (C=O) groups is 2. The Hall–Kier alpha value is -1.14. The predicted molar refractivity (Wildman–Crippen MR) is 72.1 cm³/mol. The molecule has 0 aliphatic carbocycles. The second-order valence-electron chi connectivity index (χ2n) is 4.70. The van der Waals surface area contributed by atoms with Gasteiger partial charge < -0.3 is 14.1 Å². The fraction of sp³-hybridized carbons (Fsp3) is 0.538. The summed E-state index contributed by atoms with van der Waals surface area (Å²) >= 11 is 3.21. The van der Waals surface area contributed by atoms with Crippen molar-refractivity contribution in [1.29, 1.82) is 0 Å². The Morgan fingerprint density at radius 1 is 1.53 bits per heavy atom. The van der Waals surface area contributed by atoms with Gasteiger partial charge in [0.15, 0.2) is 10.4 Å². The average Bonchev–Trinajstić information content (AvgIpc) is 2.67. The van der Waals surface area contributed by atoms with Gasteiger partial charge in [-0.15, -0.1) is 0 Å². The lowest BCUT2D eigenvalue weighted by molar-refractivity contribution is -0.119. The summed E-state index contributed by atoms with van der Waals surface area (Å²) in [6.45, 7) is 4.70. The molecule has 104 valence electrons. The van der Waals surface area contributed by atoms with Crippen LogP contribution in [0.1, 0.15) is 29.5 Å². The second-order valence-corrected chi connectivity index (χ2v) is 5.48. The highest BCUT2D eigenvalue weighted by Gasteiger charge is 2.31. The van der Waals surface area contributed by atoms with E-state index in [1.165, 1.54) is 6.92 Å². The van der Waals surface area contributed by atoms with E-state index >= 15 is 0 Å². The molecular weight excluding hydrogens is 314 g/mol. The summed E-state index contributed by atoms with van der Waals surface area (Å²) in [6, 6.07) is 1.55. The summed E-state index contributed by atoms with van der Waals surface area (Å²) in [7, 11) is 0. The minimum absolute atomic E-state index is 0.0469. The number of furan rings is 1. The van der Waals surface area contributed by atoms with Gasteiger partial charge >= 0.3 is 0 Å². The molecule has 0 radical (unpaired) electrons. The standard InChI is InChI=1S/C13H16BrNO4/c1-8-5-11(14)19-12(8)13(17)15-3-4-18-7-10(15)6-9(2)16/h5,10H,3-4,6-7H2,1-2H3. The fourth-order valence-corrected chi connectivity index (χ4v) is 2.71. The second kappa shape index (κ2) is 5.88. The van der Waals surface area contributed by atoms with E-state index in [0.29, 0.717) is 36.6 Å². The summed E-state index contributed by atoms with van der Waals surface area (Å²) in [6.07, 6.45) is 0.312. The van der Waals surface area contributed by atoms with Crippen LogP contribution in [0.5, 0.6) is 0 Å². The molecule has 1 aromatic rings. The largest absolute Gasteiger partial charge is 0.444 e. The number of ether oxygens (including phenoxy) is 1. The Labute approximate surface area is 120 Å². The minimum atomic E-state index is -0.206. The molecule has 0 spiro atoms. The number of ketones is 1. The lowest BCUT2D eigenvalue weighted by atomic mass is 10.1. The zero-order chi connectivity index (χ0) is 14.0. The van der Waals surface area contributed by atoms with E-state index in [4.69, 9.17) is 9.15 Å². The minimum Gasteiger partial charge on any atom is -0.444 e. The van der Waals surface area contributed by atoms with E-state index in [9.17, 15) is 9.59 Å². The maximum Gasteiger partial charge on any atom is 0.290 e. The quantitative estimate of drug-likeness (QED) is 0.852. The zero-order valence-corrected chi connectivity index (χ0v) is 12.5. The number of halogens is 1. The molecule has 2 heterocycles. The van der Waals surface area contributed by atoms with Crippen LogP contribution in [0.3, 0.4) is 0 Å². The molecule has 0 aromatic carbocycles. The van der Waals surface area contributed by atoms with Crippen molar-refractivity contribution in [3.63, 3.8) is 0 Å². The molecule has 1 unspecified atom stereocenters. The van der Waals surface area contributed by atoms with Gasteiger partial charge in [0.1, 0.15) is 5.78 Å². The first kappa shape index (κ1) is 14.3. The molecule has 19 heavy (non-hydrogen) atoms. The Kier molecular flexibility index (Phi) is 4.42. The van der Waals surface area contributed by atoms with Crippen molar-refractivity contribution < 1.29 is 18.7 Å². The molecule has 1 fully saturated rings. The average molecular weight is 330 g/mol. The van der Waals surface area contributed by atoms with Crippen molar-refractivity contribution in [3.8, 4) is 0 Å². The molecule has 2 rings (SSSR count). The SMILES string of the molecule is CC(=O)CC1COCCN1C(=O)c1oc(Br)cc1C. The van der Waals surface area contributed by atoms with Crippen molar-refractivity contribution in [2.75, 3.05) is 19.8 Å². The van der Waals surface area contributed by atoms with Gasteiger partial charge in [0.25, 0.3) is 5.91 Å². The molecule has 0 bridgehead atoms. The van der Waals surface area contributed by atoms with Crippen molar-refractivity contribution in [1.82, 2.24) is 4.90 Å². The summed E-state index contributed by atoms with van der Waals surface area (Å²) < 4.78 is 11.3. The molecule has 5 nitrogen and oxygen atoms in total. The van der Waals surface area contributed by atoms with Gasteiger partial charge in [-0.1, -0.05) is 0 Å². The summed E-state index contributed by atoms with van der Waals surface area (Å²) in [5, 5.41) is 0. The van der Waals surface area contributed by atoms with E-state index in [1.807, 2.05) is 6.92 Å². The van der Waals surface area contributed by atoms with Gasteiger partial charge in [-0.05, 0) is 35.8 Å². The summed E-state index contributed by atoms with van der Waals surface area (Å²) in [5.74, 6) is 0.186. The number of hydrogen-bond acceptors (Lipinski definition) is 4. The van der Waals surface area contributed by atoms with E-state index in [2.05, 4.69) is 15.9 Å². The number of rotatable bonds is 3.